The van der Waals surface area contributed by atoms with E-state index in [-0.39, 0.29) is 60.9 Å². The van der Waals surface area contributed by atoms with Gasteiger partial charge < -0.3 is 104 Å². The van der Waals surface area contributed by atoms with Crippen LogP contribution in [0.15, 0.2) is 35.3 Å². The number of benzene rings is 1. The lowest BCUT2D eigenvalue weighted by atomic mass is 10.0. The number of nitrogens with one attached hydrogen (secondary N) is 9. The van der Waals surface area contributed by atoms with Gasteiger partial charge in [0, 0.05) is 68.9 Å². The number of aromatic amines is 1. The lowest BCUT2D eigenvalue weighted by molar-refractivity contribution is -0.138. The van der Waals surface area contributed by atoms with Gasteiger partial charge in [-0.15, -0.1) is 0 Å². The Morgan fingerprint density at radius 2 is 1.11 bits per heavy atom. The predicted octanol–water partition coefficient (Wildman–Crippen LogP) is -8.55. The molecule has 3 rings (SSSR count). The number of aliphatic hydroxyl groups is 10. The topological polar surface area (TPSA) is 553 Å². The Hall–Kier alpha value is -7.25. The molecule has 0 aliphatic carbocycles. The van der Waals surface area contributed by atoms with Crippen LogP contribution in [0.1, 0.15) is 67.4 Å². The largest absolute Gasteiger partial charge is 0.481 e. The molecule has 0 bridgehead atoms. The molecular weight excluding hydrogens is 1100 g/mol. The van der Waals surface area contributed by atoms with E-state index in [1.165, 1.54) is 18.3 Å². The highest BCUT2D eigenvalue weighted by Crippen LogP contribution is 2.13. The number of carbonyl (C=O) groups is 8. The highest BCUT2D eigenvalue weighted by Gasteiger charge is 2.34. The van der Waals surface area contributed by atoms with Crippen molar-refractivity contribution in [2.75, 3.05) is 56.2 Å². The van der Waals surface area contributed by atoms with Crippen LogP contribution in [0, 0.1) is 0 Å². The van der Waals surface area contributed by atoms with Gasteiger partial charge in [-0.1, -0.05) is 0 Å². The van der Waals surface area contributed by atoms with Gasteiger partial charge in [-0.3, -0.25) is 48.1 Å². The van der Waals surface area contributed by atoms with Crippen LogP contribution in [-0.4, -0.2) is 236 Å². The van der Waals surface area contributed by atoms with Crippen molar-refractivity contribution < 1.29 is 94.5 Å². The quantitative estimate of drug-likeness (QED) is 0.0188. The highest BCUT2D eigenvalue weighted by molar-refractivity contribution is 7.80. The fourth-order valence-electron chi connectivity index (χ4n) is 7.26. The molecule has 3 aromatic rings. The molecule has 81 heavy (non-hydrogen) atoms. The third-order valence-electron chi connectivity index (χ3n) is 11.9. The number of fused-ring (bicyclic) bond motifs is 1. The number of aliphatic carboxylic acids is 1. The molecule has 0 aliphatic rings. The first kappa shape index (κ1) is 68.0. The molecule has 0 aliphatic heterocycles. The number of hydrogen-bond donors (Lipinski definition) is 22. The van der Waals surface area contributed by atoms with Gasteiger partial charge in [-0.2, -0.15) is 17.6 Å². The molecule has 0 spiro atoms. The summed E-state index contributed by atoms with van der Waals surface area (Å²) in [6.45, 7) is -3.24. The lowest BCUT2D eigenvalue weighted by Gasteiger charge is -2.26. The Kier molecular flexibility index (Phi) is 29.2. The van der Waals surface area contributed by atoms with Gasteiger partial charge in [0.25, 0.3) is 11.5 Å². The van der Waals surface area contributed by atoms with E-state index in [2.05, 4.69) is 75.1 Å². The standard InChI is InChI=1S/C47H71N13O20S/c48-47-59-41-36(46(80)60-47)55-24(17-54-41)16-51-23-5-3-22(4-6-23)42(76)49-13-1-2-34(69)56-26(8-11-33(68)53-19-29(64)38(73)40(75)31(66)21-62)44(78)58-27(9-12-35(70)71)45(79)57-25(43(77)50-14-15-81)7-10-32(67)52-18-28(63)37(72)39(74)30(65)20-61/h3-6,17,25-31,37-40,51,61-66,72-75,81H,1-2,7-16,18-21H2,(H,49,76)(H,50,77)(H,52,67)(H,53,68)(H,56,69)(H,57,79)(H,58,78)(H,70,71)(H3,48,54,59,60,80)/t25-,26-,27-,28-,29-,30+,31+,37+,38+,39+,40+/m0/s1. The van der Waals surface area contributed by atoms with E-state index in [0.717, 1.165) is 0 Å². The smallest absolute Gasteiger partial charge is 0.303 e. The number of nitrogen functional groups attached to an aromatic ring is 1. The summed E-state index contributed by atoms with van der Waals surface area (Å²) in [6, 6.07) is 1.27. The minimum Gasteiger partial charge on any atom is -0.481 e. The number of nitrogens with zero attached hydrogens (tertiary/aromatic N) is 3. The molecule has 0 radical (unpaired) electrons. The highest BCUT2D eigenvalue weighted by atomic mass is 32.1. The maximum atomic E-state index is 14.0. The average molecular weight is 1170 g/mol. The van der Waals surface area contributed by atoms with Crippen molar-refractivity contribution in [3.8, 4) is 0 Å². The van der Waals surface area contributed by atoms with E-state index >= 15 is 0 Å². The molecule has 0 unspecified atom stereocenters. The third-order valence-corrected chi connectivity index (χ3v) is 12.2. The number of aromatic nitrogens is 4. The normalized spacial score (nSPS) is 15.4. The number of aliphatic hydroxyl groups excluding tert-OH is 10. The van der Waals surface area contributed by atoms with Crippen molar-refractivity contribution in [3.05, 3.63) is 52.1 Å². The summed E-state index contributed by atoms with van der Waals surface area (Å²) in [5.41, 5.74) is 6.28. The first-order valence-corrected chi connectivity index (χ1v) is 25.9. The Labute approximate surface area is 466 Å². The summed E-state index contributed by atoms with van der Waals surface area (Å²) < 4.78 is 0. The van der Waals surface area contributed by atoms with Crippen LogP contribution >= 0.6 is 12.6 Å². The van der Waals surface area contributed by atoms with Crippen molar-refractivity contribution in [1.29, 1.82) is 0 Å². The second kappa shape index (κ2) is 34.8. The van der Waals surface area contributed by atoms with Crippen LogP contribution in [0.3, 0.4) is 0 Å². The van der Waals surface area contributed by atoms with Crippen LogP contribution in [0.25, 0.3) is 11.2 Å². The molecule has 7 amide bonds. The summed E-state index contributed by atoms with van der Waals surface area (Å²) in [7, 11) is 0. The molecule has 0 fully saturated rings. The Balaban J connectivity index is 1.70. The van der Waals surface area contributed by atoms with Gasteiger partial charge >= 0.3 is 5.97 Å². The number of nitrogens with two attached hydrogens (primary N) is 1. The van der Waals surface area contributed by atoms with Crippen molar-refractivity contribution in [3.63, 3.8) is 0 Å². The second-order valence-electron chi connectivity index (χ2n) is 18.2. The first-order valence-electron chi connectivity index (χ1n) is 25.2. The third kappa shape index (κ3) is 23.4. The number of amides is 7. The molecule has 33 nitrogen and oxygen atoms in total. The van der Waals surface area contributed by atoms with Crippen LogP contribution in [0.2, 0.25) is 0 Å². The summed E-state index contributed by atoms with van der Waals surface area (Å²) in [6.07, 6.45) is -17.8. The number of carboxylic acids is 1. The Morgan fingerprint density at radius 1 is 0.605 bits per heavy atom. The first-order chi connectivity index (χ1) is 38.4. The number of rotatable bonds is 37. The molecule has 1 aromatic carbocycles. The van der Waals surface area contributed by atoms with Crippen molar-refractivity contribution >= 4 is 82.7 Å². The van der Waals surface area contributed by atoms with Gasteiger partial charge in [-0.25, -0.2) is 9.97 Å². The molecule has 11 atom stereocenters. The lowest BCUT2D eigenvalue weighted by Crippen LogP contribution is -2.57. The Morgan fingerprint density at radius 3 is 1.63 bits per heavy atom. The maximum Gasteiger partial charge on any atom is 0.303 e. The zero-order chi connectivity index (χ0) is 60.3. The summed E-state index contributed by atoms with van der Waals surface area (Å²) in [4.78, 5) is 132. The van der Waals surface area contributed by atoms with Crippen LogP contribution < -0.4 is 53.8 Å². The number of H-pyrrole nitrogens is 1. The van der Waals surface area contributed by atoms with E-state index in [0.29, 0.717) is 11.4 Å². The van der Waals surface area contributed by atoms with Gasteiger partial charge in [0.2, 0.25) is 41.4 Å². The van der Waals surface area contributed by atoms with Gasteiger partial charge in [0.1, 0.15) is 54.7 Å². The van der Waals surface area contributed by atoms with Gasteiger partial charge in [-0.05, 0) is 49.9 Å². The van der Waals surface area contributed by atoms with Crippen molar-refractivity contribution in [2.24, 2.45) is 0 Å². The number of carbonyl (C=O) groups excluding carboxylic acids is 7. The van der Waals surface area contributed by atoms with E-state index in [1.807, 2.05) is 0 Å². The summed E-state index contributed by atoms with van der Waals surface area (Å²) >= 11 is 4.03. The van der Waals surface area contributed by atoms with Crippen LogP contribution in [0.4, 0.5) is 11.6 Å². The minimum absolute atomic E-state index is 0.000415. The van der Waals surface area contributed by atoms with E-state index in [9.17, 15) is 89.1 Å². The van der Waals surface area contributed by atoms with Crippen LogP contribution in [-0.2, 0) is 40.1 Å². The number of thiol groups is 1. The molecule has 0 saturated heterocycles. The van der Waals surface area contributed by atoms with Gasteiger partial charge in [0.05, 0.1) is 43.9 Å². The molecule has 22 N–H and O–H groups in total. The number of carboxylic acid groups (broad SMARTS) is 1. The van der Waals surface area contributed by atoms with E-state index in [1.54, 1.807) is 12.1 Å². The molecule has 2 aromatic heterocycles. The van der Waals surface area contributed by atoms with Crippen molar-refractivity contribution in [1.82, 2.24) is 57.2 Å². The van der Waals surface area contributed by atoms with E-state index < -0.39 is 185 Å². The zero-order valence-electron chi connectivity index (χ0n) is 43.5. The molecular formula is C47H71N13O20S. The minimum atomic E-state index is -2.04. The maximum absolute atomic E-state index is 14.0. The number of anilines is 2. The molecule has 0 saturated carbocycles. The van der Waals surface area contributed by atoms with Crippen molar-refractivity contribution in [2.45, 2.75) is 125 Å². The number of hydrogen-bond acceptors (Lipinski definition) is 25. The molecule has 450 valence electrons. The van der Waals surface area contributed by atoms with Gasteiger partial charge in [0.15, 0.2) is 11.2 Å². The predicted molar refractivity (Wildman–Crippen MR) is 284 cm³/mol. The van der Waals surface area contributed by atoms with Crippen LogP contribution in [0.5, 0.6) is 0 Å². The monoisotopic (exact) mass is 1170 g/mol. The Bertz CT molecular complexity index is 2620. The summed E-state index contributed by atoms with van der Waals surface area (Å²) in [5, 5.41) is 127. The molecule has 34 heteroatoms. The fraction of sp³-hybridized carbons (Fsp3) is 0.574. The SMILES string of the molecule is Nc1nc2ncc(CNc3ccc(C(=O)NCCCC(=O)N[C@@H](CCC(=O)NC[C@H](O)[C@@H](O)[C@H](O)[C@H](O)CO)C(=O)N[C@@H](CCC(=O)O)C(=O)N[C@@H](CCC(=O)NC[C@H](O)[C@@H](O)[C@H](O)[C@H](O)CO)C(=O)NCCS)cc3)nc2c(=O)[nH]1. The average Bonchev–Trinajstić information content (AvgIpc) is 3.45. The molecule has 2 heterocycles. The summed E-state index contributed by atoms with van der Waals surface area (Å²) in [5.74, 6) is -7.59. The second-order valence-corrected chi connectivity index (χ2v) is 18.7. The fourth-order valence-corrected chi connectivity index (χ4v) is 7.37. The zero-order valence-corrected chi connectivity index (χ0v) is 44.4. The van der Waals surface area contributed by atoms with E-state index in [4.69, 9.17) is 15.9 Å².